The first-order valence-corrected chi connectivity index (χ1v) is 10.9. The molecule has 170 valence electrons. The topological polar surface area (TPSA) is 113 Å². The molecule has 0 spiro atoms. The maximum Gasteiger partial charge on any atom is 0.407 e. The van der Waals surface area contributed by atoms with Crippen LogP contribution in [0.5, 0.6) is 0 Å². The lowest BCUT2D eigenvalue weighted by molar-refractivity contribution is -0.135. The van der Waals surface area contributed by atoms with Crippen molar-refractivity contribution in [2.45, 2.75) is 52.6 Å². The molecule has 2 amide bonds. The summed E-state index contributed by atoms with van der Waals surface area (Å²) in [7, 11) is 1.29. The highest BCUT2D eigenvalue weighted by Crippen LogP contribution is 2.34. The number of aromatic amines is 1. The van der Waals surface area contributed by atoms with Gasteiger partial charge >= 0.3 is 6.09 Å². The third-order valence-electron chi connectivity index (χ3n) is 5.98. The van der Waals surface area contributed by atoms with Gasteiger partial charge in [-0.1, -0.05) is 26.0 Å². The maximum absolute atomic E-state index is 13.3. The minimum atomic E-state index is -0.660. The molecule has 9 nitrogen and oxygen atoms in total. The first kappa shape index (κ1) is 21.9. The molecule has 1 saturated heterocycles. The van der Waals surface area contributed by atoms with Crippen molar-refractivity contribution in [2.24, 2.45) is 5.92 Å². The summed E-state index contributed by atoms with van der Waals surface area (Å²) < 4.78 is 10.5. The normalized spacial score (nSPS) is 17.2. The molecular formula is C23H29N5O4. The van der Waals surface area contributed by atoms with Gasteiger partial charge in [-0.25, -0.2) is 14.8 Å². The van der Waals surface area contributed by atoms with Crippen molar-refractivity contribution in [3.63, 3.8) is 0 Å². The van der Waals surface area contributed by atoms with Crippen molar-refractivity contribution in [3.05, 3.63) is 35.6 Å². The van der Waals surface area contributed by atoms with E-state index in [0.717, 1.165) is 46.6 Å². The van der Waals surface area contributed by atoms with Gasteiger partial charge < -0.3 is 24.4 Å². The Morgan fingerprint density at radius 2 is 2.09 bits per heavy atom. The minimum Gasteiger partial charge on any atom is -0.453 e. The molecule has 3 heterocycles. The first-order valence-electron chi connectivity index (χ1n) is 10.9. The van der Waals surface area contributed by atoms with Crippen molar-refractivity contribution in [2.75, 3.05) is 13.7 Å². The summed E-state index contributed by atoms with van der Waals surface area (Å²) in [6.07, 6.45) is 2.83. The van der Waals surface area contributed by atoms with E-state index < -0.39 is 12.1 Å². The van der Waals surface area contributed by atoms with Crippen LogP contribution in [0.15, 0.2) is 22.7 Å². The number of nitrogens with one attached hydrogen (secondary N) is 2. The standard InChI is InChI=1S/C23H29N5O4/c1-12(2)18(27-23(30)31-5)22(29)28-10-6-7-17(28)21-24-11-16(26-21)15-9-8-13(3)20-19(15)25-14(4)32-20/h8-9,11-12,17-18H,6-7,10H2,1-5H3,(H,24,26)(H,27,30)/t17-,18-/m0/s1. The van der Waals surface area contributed by atoms with Crippen LogP contribution in [0.1, 0.15) is 50.0 Å². The largest absolute Gasteiger partial charge is 0.453 e. The zero-order valence-corrected chi connectivity index (χ0v) is 19.1. The third-order valence-corrected chi connectivity index (χ3v) is 5.98. The van der Waals surface area contributed by atoms with Crippen LogP contribution in [0.4, 0.5) is 4.79 Å². The molecule has 1 aromatic carbocycles. The van der Waals surface area contributed by atoms with Crippen LogP contribution in [0.3, 0.4) is 0 Å². The van der Waals surface area contributed by atoms with Crippen LogP contribution in [-0.2, 0) is 9.53 Å². The van der Waals surface area contributed by atoms with Gasteiger partial charge in [-0.3, -0.25) is 4.79 Å². The van der Waals surface area contributed by atoms with Gasteiger partial charge in [0.1, 0.15) is 17.4 Å². The number of hydrogen-bond donors (Lipinski definition) is 2. The molecule has 0 radical (unpaired) electrons. The second-order valence-corrected chi connectivity index (χ2v) is 8.57. The number of fused-ring (bicyclic) bond motifs is 1. The van der Waals surface area contributed by atoms with E-state index >= 15 is 0 Å². The monoisotopic (exact) mass is 439 g/mol. The van der Waals surface area contributed by atoms with Gasteiger partial charge in [-0.2, -0.15) is 0 Å². The van der Waals surface area contributed by atoms with Crippen LogP contribution in [0.2, 0.25) is 0 Å². The fourth-order valence-corrected chi connectivity index (χ4v) is 4.29. The number of hydrogen-bond acceptors (Lipinski definition) is 6. The van der Waals surface area contributed by atoms with E-state index in [0.29, 0.717) is 12.4 Å². The highest BCUT2D eigenvalue weighted by molar-refractivity contribution is 5.91. The Kier molecular flexibility index (Phi) is 5.90. The maximum atomic E-state index is 13.3. The fourth-order valence-electron chi connectivity index (χ4n) is 4.29. The second kappa shape index (κ2) is 8.64. The summed E-state index contributed by atoms with van der Waals surface area (Å²) >= 11 is 0. The smallest absolute Gasteiger partial charge is 0.407 e. The number of aromatic nitrogens is 3. The molecule has 2 aromatic heterocycles. The molecule has 2 atom stereocenters. The summed E-state index contributed by atoms with van der Waals surface area (Å²) in [5.41, 5.74) is 4.31. The van der Waals surface area contributed by atoms with Crippen molar-refractivity contribution in [1.82, 2.24) is 25.2 Å². The van der Waals surface area contributed by atoms with Crippen LogP contribution in [-0.4, -0.2) is 51.5 Å². The summed E-state index contributed by atoms with van der Waals surface area (Å²) in [4.78, 5) is 39.4. The predicted octanol–water partition coefficient (Wildman–Crippen LogP) is 3.88. The fraction of sp³-hybridized carbons (Fsp3) is 0.478. The zero-order valence-electron chi connectivity index (χ0n) is 19.1. The van der Waals surface area contributed by atoms with Gasteiger partial charge in [0.25, 0.3) is 0 Å². The number of carbonyl (C=O) groups is 2. The third kappa shape index (κ3) is 3.94. The summed E-state index contributed by atoms with van der Waals surface area (Å²) in [6, 6.07) is 3.16. The molecule has 3 aromatic rings. The lowest BCUT2D eigenvalue weighted by Gasteiger charge is -2.30. The van der Waals surface area contributed by atoms with Crippen molar-refractivity contribution >= 4 is 23.1 Å². The summed E-state index contributed by atoms with van der Waals surface area (Å²) in [5, 5.41) is 2.67. The van der Waals surface area contributed by atoms with Gasteiger partial charge in [0.05, 0.1) is 25.0 Å². The molecule has 1 fully saturated rings. The van der Waals surface area contributed by atoms with E-state index in [1.165, 1.54) is 7.11 Å². The number of benzene rings is 1. The molecule has 1 aliphatic heterocycles. The van der Waals surface area contributed by atoms with E-state index in [1.807, 2.05) is 39.8 Å². The molecule has 1 aliphatic rings. The lowest BCUT2D eigenvalue weighted by atomic mass is 10.0. The Bertz CT molecular complexity index is 1150. The Morgan fingerprint density at radius 1 is 1.31 bits per heavy atom. The predicted molar refractivity (Wildman–Crippen MR) is 119 cm³/mol. The van der Waals surface area contributed by atoms with E-state index in [9.17, 15) is 9.59 Å². The number of rotatable bonds is 5. The van der Waals surface area contributed by atoms with E-state index in [4.69, 9.17) is 9.15 Å². The molecule has 32 heavy (non-hydrogen) atoms. The first-order chi connectivity index (χ1) is 15.3. The average Bonchev–Trinajstić information content (AvgIpc) is 3.50. The van der Waals surface area contributed by atoms with Gasteiger partial charge in [0.2, 0.25) is 5.91 Å². The van der Waals surface area contributed by atoms with Crippen LogP contribution in [0.25, 0.3) is 22.4 Å². The number of methoxy groups -OCH3 is 1. The van der Waals surface area contributed by atoms with Gasteiger partial charge in [0.15, 0.2) is 11.5 Å². The number of nitrogens with zero attached hydrogens (tertiary/aromatic N) is 3. The number of H-pyrrole nitrogens is 1. The van der Waals surface area contributed by atoms with Crippen molar-refractivity contribution in [3.8, 4) is 11.3 Å². The molecule has 4 rings (SSSR count). The number of carbonyl (C=O) groups excluding carboxylic acids is 2. The van der Waals surface area contributed by atoms with Crippen LogP contribution >= 0.6 is 0 Å². The highest BCUT2D eigenvalue weighted by atomic mass is 16.5. The Balaban J connectivity index is 1.62. The lowest BCUT2D eigenvalue weighted by Crippen LogP contribution is -2.51. The van der Waals surface area contributed by atoms with Gasteiger partial charge in [-0.05, 0) is 31.2 Å². The quantitative estimate of drug-likeness (QED) is 0.624. The Morgan fingerprint density at radius 3 is 2.81 bits per heavy atom. The molecule has 9 heteroatoms. The minimum absolute atomic E-state index is 0.0775. The van der Waals surface area contributed by atoms with Crippen LogP contribution < -0.4 is 5.32 Å². The molecular weight excluding hydrogens is 410 g/mol. The average molecular weight is 440 g/mol. The number of oxazole rings is 1. The molecule has 0 bridgehead atoms. The van der Waals surface area contributed by atoms with E-state index in [-0.39, 0.29) is 17.9 Å². The summed E-state index contributed by atoms with van der Waals surface area (Å²) in [6.45, 7) is 8.23. The Labute approximate surface area is 186 Å². The van der Waals surface area contributed by atoms with Gasteiger partial charge in [-0.15, -0.1) is 0 Å². The summed E-state index contributed by atoms with van der Waals surface area (Å²) in [5.74, 6) is 1.13. The van der Waals surface area contributed by atoms with E-state index in [2.05, 4.69) is 20.3 Å². The number of alkyl carbamates (subject to hydrolysis) is 1. The molecule has 2 N–H and O–H groups in total. The Hall–Kier alpha value is -3.36. The van der Waals surface area contributed by atoms with Gasteiger partial charge in [0, 0.05) is 19.0 Å². The zero-order chi connectivity index (χ0) is 23.0. The van der Waals surface area contributed by atoms with Crippen molar-refractivity contribution < 1.29 is 18.7 Å². The SMILES string of the molecule is COC(=O)N[C@H](C(=O)N1CCC[C@H]1c1ncc(-c2ccc(C)c3oc(C)nc23)[nH]1)C(C)C. The molecule has 0 unspecified atom stereocenters. The molecule has 0 saturated carbocycles. The molecule has 0 aliphatic carbocycles. The van der Waals surface area contributed by atoms with Crippen LogP contribution in [0, 0.1) is 19.8 Å². The van der Waals surface area contributed by atoms with Crippen molar-refractivity contribution in [1.29, 1.82) is 0 Å². The number of ether oxygens (including phenoxy) is 1. The number of imidazole rings is 1. The van der Waals surface area contributed by atoms with E-state index in [1.54, 1.807) is 11.1 Å². The number of likely N-dealkylation sites (tertiary alicyclic amines) is 1. The number of aryl methyl sites for hydroxylation is 2. The number of amides is 2. The highest BCUT2D eigenvalue weighted by Gasteiger charge is 2.37. The second-order valence-electron chi connectivity index (χ2n) is 8.57.